The molecule has 4 amide bonds. The van der Waals surface area contributed by atoms with E-state index >= 15 is 0 Å². The fourth-order valence-electron chi connectivity index (χ4n) is 2.23. The molecule has 6 nitrogen and oxygen atoms in total. The highest BCUT2D eigenvalue weighted by Crippen LogP contribution is 2.25. The number of fused-ring (bicyclic) bond motifs is 1. The van der Waals surface area contributed by atoms with Gasteiger partial charge in [0.1, 0.15) is 6.04 Å². The number of nitrogens with one attached hydrogen (secondary N) is 1. The maximum Gasteiger partial charge on any atom is 0.262 e. The van der Waals surface area contributed by atoms with Gasteiger partial charge in [-0.05, 0) is 18.6 Å². The van der Waals surface area contributed by atoms with Crippen LogP contribution in [-0.2, 0) is 9.59 Å². The van der Waals surface area contributed by atoms with E-state index < -0.39 is 29.7 Å². The minimum Gasteiger partial charge on any atom is -0.295 e. The first-order valence-electron chi connectivity index (χ1n) is 6.25. The van der Waals surface area contributed by atoms with Crippen LogP contribution in [0, 0.1) is 0 Å². The number of rotatable bonds is 3. The summed E-state index contributed by atoms with van der Waals surface area (Å²) in [5.74, 6) is -2.17. The van der Waals surface area contributed by atoms with Crippen LogP contribution in [0.3, 0.4) is 0 Å². The van der Waals surface area contributed by atoms with E-state index in [0.29, 0.717) is 0 Å². The van der Waals surface area contributed by atoms with Gasteiger partial charge in [-0.2, -0.15) is 0 Å². The molecular weight excluding hydrogens is 260 g/mol. The molecule has 1 N–H and O–H groups in total. The van der Waals surface area contributed by atoms with Gasteiger partial charge >= 0.3 is 0 Å². The molecule has 0 saturated carbocycles. The highest BCUT2D eigenvalue weighted by molar-refractivity contribution is 6.23. The van der Waals surface area contributed by atoms with Crippen molar-refractivity contribution in [2.24, 2.45) is 0 Å². The molecule has 0 aromatic heterocycles. The van der Waals surface area contributed by atoms with Crippen molar-refractivity contribution >= 4 is 23.6 Å². The Morgan fingerprint density at radius 2 is 1.65 bits per heavy atom. The van der Waals surface area contributed by atoms with E-state index in [4.69, 9.17) is 0 Å². The average molecular weight is 274 g/mol. The minimum absolute atomic E-state index is 0.241. The lowest BCUT2D eigenvalue weighted by Gasteiger charge is -2.23. The lowest BCUT2D eigenvalue weighted by Crippen LogP contribution is -2.50. The standard InChI is InChI=1S/C14H14N2O4/c1-3-11(12(18)15-8(2)17)16-13(19)9-6-4-5-7-10(9)14(16)20/h4-7,11H,3H2,1-2H3,(H,15,17,18). The monoisotopic (exact) mass is 274 g/mol. The summed E-state index contributed by atoms with van der Waals surface area (Å²) in [6, 6.07) is 5.43. The van der Waals surface area contributed by atoms with Crippen LogP contribution in [0.2, 0.25) is 0 Å². The first kappa shape index (κ1) is 13.9. The SMILES string of the molecule is CCC(C(=O)NC(C)=O)N1C(=O)c2ccccc2C1=O. The molecule has 20 heavy (non-hydrogen) atoms. The zero-order valence-corrected chi connectivity index (χ0v) is 11.2. The van der Waals surface area contributed by atoms with Crippen molar-refractivity contribution in [2.75, 3.05) is 0 Å². The summed E-state index contributed by atoms with van der Waals surface area (Å²) in [4.78, 5) is 48.3. The minimum atomic E-state index is -0.980. The van der Waals surface area contributed by atoms with Crippen molar-refractivity contribution in [1.29, 1.82) is 0 Å². The summed E-state index contributed by atoms with van der Waals surface area (Å²) in [7, 11) is 0. The summed E-state index contributed by atoms with van der Waals surface area (Å²) >= 11 is 0. The number of carbonyl (C=O) groups is 4. The van der Waals surface area contributed by atoms with Gasteiger partial charge in [-0.15, -0.1) is 0 Å². The van der Waals surface area contributed by atoms with E-state index in [-0.39, 0.29) is 17.5 Å². The van der Waals surface area contributed by atoms with Crippen LogP contribution in [-0.4, -0.2) is 34.6 Å². The van der Waals surface area contributed by atoms with Gasteiger partial charge in [0.25, 0.3) is 11.8 Å². The summed E-state index contributed by atoms with van der Waals surface area (Å²) in [6.07, 6.45) is 0.241. The third kappa shape index (κ3) is 2.20. The molecule has 104 valence electrons. The van der Waals surface area contributed by atoms with E-state index in [1.807, 2.05) is 0 Å². The van der Waals surface area contributed by atoms with Crippen LogP contribution >= 0.6 is 0 Å². The second kappa shape index (κ2) is 5.24. The zero-order chi connectivity index (χ0) is 14.9. The lowest BCUT2D eigenvalue weighted by molar-refractivity contribution is -0.131. The first-order valence-corrected chi connectivity index (χ1v) is 6.25. The Morgan fingerprint density at radius 1 is 1.15 bits per heavy atom. The fraction of sp³-hybridized carbons (Fsp3) is 0.286. The van der Waals surface area contributed by atoms with Crippen LogP contribution < -0.4 is 5.32 Å². The first-order chi connectivity index (χ1) is 9.47. The van der Waals surface area contributed by atoms with Gasteiger partial charge in [0, 0.05) is 6.92 Å². The number of amides is 4. The van der Waals surface area contributed by atoms with Crippen LogP contribution in [0.5, 0.6) is 0 Å². The van der Waals surface area contributed by atoms with Gasteiger partial charge in [-0.1, -0.05) is 19.1 Å². The highest BCUT2D eigenvalue weighted by Gasteiger charge is 2.41. The van der Waals surface area contributed by atoms with Crippen LogP contribution in [0.4, 0.5) is 0 Å². The van der Waals surface area contributed by atoms with Gasteiger partial charge in [0.15, 0.2) is 0 Å². The predicted octanol–water partition coefficient (Wildman–Crippen LogP) is 0.724. The molecule has 0 bridgehead atoms. The normalized spacial score (nSPS) is 15.0. The third-order valence-electron chi connectivity index (χ3n) is 3.13. The Hall–Kier alpha value is -2.50. The molecule has 1 atom stereocenters. The number of benzene rings is 1. The molecule has 2 rings (SSSR count). The van der Waals surface area contributed by atoms with Gasteiger partial charge in [-0.25, -0.2) is 0 Å². The third-order valence-corrected chi connectivity index (χ3v) is 3.13. The second-order valence-electron chi connectivity index (χ2n) is 4.50. The van der Waals surface area contributed by atoms with Gasteiger partial charge in [0.2, 0.25) is 11.8 Å². The molecule has 1 aromatic carbocycles. The van der Waals surface area contributed by atoms with E-state index in [1.165, 1.54) is 6.92 Å². The average Bonchev–Trinajstić information content (AvgIpc) is 2.65. The molecule has 1 heterocycles. The molecule has 0 saturated heterocycles. The maximum atomic E-state index is 12.2. The number of hydrogen-bond donors (Lipinski definition) is 1. The van der Waals surface area contributed by atoms with Crippen molar-refractivity contribution in [1.82, 2.24) is 10.2 Å². The molecule has 1 aliphatic heterocycles. The molecular formula is C14H14N2O4. The zero-order valence-electron chi connectivity index (χ0n) is 11.2. The Morgan fingerprint density at radius 3 is 2.05 bits per heavy atom. The summed E-state index contributed by atoms with van der Waals surface area (Å²) in [6.45, 7) is 2.88. The smallest absolute Gasteiger partial charge is 0.262 e. The lowest BCUT2D eigenvalue weighted by atomic mass is 10.1. The Kier molecular flexibility index (Phi) is 3.65. The predicted molar refractivity (Wildman–Crippen MR) is 69.8 cm³/mol. The number of nitrogens with zero attached hydrogens (tertiary/aromatic N) is 1. The summed E-state index contributed by atoms with van der Waals surface area (Å²) < 4.78 is 0. The van der Waals surface area contributed by atoms with Crippen LogP contribution in [0.15, 0.2) is 24.3 Å². The Bertz CT molecular complexity index is 574. The molecule has 1 aromatic rings. The summed E-state index contributed by atoms with van der Waals surface area (Å²) in [5.41, 5.74) is 0.568. The Balaban J connectivity index is 2.34. The topological polar surface area (TPSA) is 83.6 Å². The van der Waals surface area contributed by atoms with Gasteiger partial charge in [0.05, 0.1) is 11.1 Å². The van der Waals surface area contributed by atoms with Crippen molar-refractivity contribution in [3.8, 4) is 0 Å². The van der Waals surface area contributed by atoms with Crippen molar-refractivity contribution in [2.45, 2.75) is 26.3 Å². The van der Waals surface area contributed by atoms with E-state index in [2.05, 4.69) is 5.32 Å². The largest absolute Gasteiger partial charge is 0.295 e. The number of carbonyl (C=O) groups excluding carboxylic acids is 4. The molecule has 0 spiro atoms. The van der Waals surface area contributed by atoms with Crippen molar-refractivity contribution in [3.05, 3.63) is 35.4 Å². The maximum absolute atomic E-state index is 12.2. The van der Waals surface area contributed by atoms with Crippen molar-refractivity contribution < 1.29 is 19.2 Å². The van der Waals surface area contributed by atoms with Gasteiger partial charge < -0.3 is 0 Å². The van der Waals surface area contributed by atoms with Crippen LogP contribution in [0.1, 0.15) is 41.0 Å². The second-order valence-corrected chi connectivity index (χ2v) is 4.50. The molecule has 6 heteroatoms. The van der Waals surface area contributed by atoms with E-state index in [9.17, 15) is 19.2 Å². The van der Waals surface area contributed by atoms with E-state index in [0.717, 1.165) is 4.90 Å². The Labute approximate surface area is 115 Å². The number of hydrogen-bond acceptors (Lipinski definition) is 4. The van der Waals surface area contributed by atoms with E-state index in [1.54, 1.807) is 31.2 Å². The molecule has 1 unspecified atom stereocenters. The molecule has 0 radical (unpaired) electrons. The quantitative estimate of drug-likeness (QED) is 0.823. The highest BCUT2D eigenvalue weighted by atomic mass is 16.2. The molecule has 0 aliphatic carbocycles. The molecule has 0 fully saturated rings. The van der Waals surface area contributed by atoms with Crippen molar-refractivity contribution in [3.63, 3.8) is 0 Å². The fourth-order valence-corrected chi connectivity index (χ4v) is 2.23. The van der Waals surface area contributed by atoms with Crippen LogP contribution in [0.25, 0.3) is 0 Å². The summed E-state index contributed by atoms with van der Waals surface area (Å²) in [5, 5.41) is 2.11. The van der Waals surface area contributed by atoms with Gasteiger partial charge in [-0.3, -0.25) is 29.4 Å². The number of imide groups is 2. The molecule has 1 aliphatic rings.